The first-order chi connectivity index (χ1) is 16.2. The zero-order valence-electron chi connectivity index (χ0n) is 21.5. The number of hydrogen-bond donors (Lipinski definition) is 3. The van der Waals surface area contributed by atoms with E-state index in [4.69, 9.17) is 14.2 Å². The number of rotatable bonds is 12. The number of amides is 2. The highest BCUT2D eigenvalue weighted by Gasteiger charge is 2.28. The topological polar surface area (TPSA) is 140 Å². The van der Waals surface area contributed by atoms with Gasteiger partial charge in [-0.1, -0.05) is 32.9 Å². The van der Waals surface area contributed by atoms with Crippen LogP contribution in [-0.2, 0) is 30.3 Å². The average molecular weight is 495 g/mol. The van der Waals surface area contributed by atoms with E-state index in [0.29, 0.717) is 5.75 Å². The van der Waals surface area contributed by atoms with Gasteiger partial charge >= 0.3 is 18.0 Å². The third kappa shape index (κ3) is 11.6. The number of hydrogen-bond acceptors (Lipinski definition) is 7. The minimum atomic E-state index is -1.25. The van der Waals surface area contributed by atoms with Gasteiger partial charge in [0.1, 0.15) is 17.4 Å². The molecule has 0 aliphatic rings. The molecule has 0 spiro atoms. The van der Waals surface area contributed by atoms with Crippen molar-refractivity contribution in [1.82, 2.24) is 10.6 Å². The zero-order valence-corrected chi connectivity index (χ0v) is 21.5. The van der Waals surface area contributed by atoms with Crippen LogP contribution in [-0.4, -0.2) is 60.4 Å². The van der Waals surface area contributed by atoms with Crippen molar-refractivity contribution in [3.63, 3.8) is 0 Å². The van der Waals surface area contributed by atoms with Gasteiger partial charge in [0.15, 0.2) is 6.10 Å². The highest BCUT2D eigenvalue weighted by molar-refractivity contribution is 5.86. The van der Waals surface area contributed by atoms with Gasteiger partial charge in [0.2, 0.25) is 5.91 Å². The van der Waals surface area contributed by atoms with E-state index in [2.05, 4.69) is 10.6 Å². The molecule has 0 heterocycles. The zero-order chi connectivity index (χ0) is 26.8. The van der Waals surface area contributed by atoms with E-state index in [0.717, 1.165) is 5.56 Å². The van der Waals surface area contributed by atoms with Crippen molar-refractivity contribution >= 4 is 23.9 Å². The Balaban J connectivity index is 2.84. The van der Waals surface area contributed by atoms with Crippen LogP contribution in [0.3, 0.4) is 0 Å². The Morgan fingerprint density at radius 3 is 2.11 bits per heavy atom. The number of carboxylic acid groups (broad SMARTS) is 1. The van der Waals surface area contributed by atoms with Gasteiger partial charge in [-0.05, 0) is 50.8 Å². The second kappa shape index (κ2) is 13.6. The normalized spacial score (nSPS) is 13.8. The fourth-order valence-electron chi connectivity index (χ4n) is 3.00. The molecule has 0 saturated heterocycles. The smallest absolute Gasteiger partial charge is 0.408 e. The van der Waals surface area contributed by atoms with Gasteiger partial charge in [-0.15, -0.1) is 0 Å². The first-order valence-corrected chi connectivity index (χ1v) is 11.5. The Bertz CT molecular complexity index is 861. The second-order valence-corrected chi connectivity index (χ2v) is 9.79. The molecule has 0 saturated carbocycles. The number of benzene rings is 1. The summed E-state index contributed by atoms with van der Waals surface area (Å²) in [5.41, 5.74) is 0.0210. The highest BCUT2D eigenvalue weighted by atomic mass is 16.6. The lowest BCUT2D eigenvalue weighted by atomic mass is 10.0. The molecular formula is C25H38N2O8. The van der Waals surface area contributed by atoms with Gasteiger partial charge in [-0.3, -0.25) is 9.59 Å². The highest BCUT2D eigenvalue weighted by Crippen LogP contribution is 2.14. The summed E-state index contributed by atoms with van der Waals surface area (Å²) in [6.07, 6.45) is -1.65. The molecule has 0 aliphatic carbocycles. The Morgan fingerprint density at radius 2 is 1.63 bits per heavy atom. The largest absolute Gasteiger partial charge is 0.497 e. The van der Waals surface area contributed by atoms with Gasteiger partial charge < -0.3 is 30.0 Å². The summed E-state index contributed by atoms with van der Waals surface area (Å²) < 4.78 is 15.5. The van der Waals surface area contributed by atoms with Crippen LogP contribution in [0.25, 0.3) is 0 Å². The predicted molar refractivity (Wildman–Crippen MR) is 129 cm³/mol. The summed E-state index contributed by atoms with van der Waals surface area (Å²) in [5.74, 6) is -2.59. The van der Waals surface area contributed by atoms with E-state index < -0.39 is 47.6 Å². The molecule has 1 aromatic carbocycles. The monoisotopic (exact) mass is 494 g/mol. The van der Waals surface area contributed by atoms with Crippen LogP contribution in [0.1, 0.15) is 53.5 Å². The lowest BCUT2D eigenvalue weighted by molar-refractivity contribution is -0.167. The summed E-state index contributed by atoms with van der Waals surface area (Å²) in [5, 5.41) is 14.5. The van der Waals surface area contributed by atoms with Gasteiger partial charge in [-0.25, -0.2) is 9.59 Å². The minimum absolute atomic E-state index is 0.0246. The SMILES string of the molecule is COc1ccc(C[C@@H](NC(=O)OC(C)(C)C)C(=O)NC[C@@H](C)C(=O)O[C@@H](CC(C)C)C(=O)O)cc1. The molecule has 0 unspecified atom stereocenters. The molecular weight excluding hydrogens is 456 g/mol. The molecule has 0 aliphatic heterocycles. The number of esters is 1. The fraction of sp³-hybridized carbons (Fsp3) is 0.600. The summed E-state index contributed by atoms with van der Waals surface area (Å²) in [6, 6.07) is 6.06. The van der Waals surface area contributed by atoms with Crippen molar-refractivity contribution in [2.45, 2.75) is 72.1 Å². The molecule has 1 rings (SSSR count). The fourth-order valence-corrected chi connectivity index (χ4v) is 3.00. The average Bonchev–Trinajstić information content (AvgIpc) is 2.75. The quantitative estimate of drug-likeness (QED) is 0.377. The molecule has 3 atom stereocenters. The van der Waals surface area contributed by atoms with E-state index in [1.807, 2.05) is 13.8 Å². The third-order valence-electron chi connectivity index (χ3n) is 4.81. The van der Waals surface area contributed by atoms with E-state index in [1.165, 1.54) is 6.92 Å². The summed E-state index contributed by atoms with van der Waals surface area (Å²) >= 11 is 0. The number of carbonyl (C=O) groups is 4. The van der Waals surface area contributed by atoms with Crippen LogP contribution < -0.4 is 15.4 Å². The minimum Gasteiger partial charge on any atom is -0.497 e. The molecule has 0 aromatic heterocycles. The van der Waals surface area contributed by atoms with E-state index in [9.17, 15) is 24.3 Å². The molecule has 10 heteroatoms. The van der Waals surface area contributed by atoms with Crippen LogP contribution in [0, 0.1) is 11.8 Å². The molecule has 0 radical (unpaired) electrons. The Kier molecular flexibility index (Phi) is 11.5. The number of nitrogens with one attached hydrogen (secondary N) is 2. The van der Waals surface area contributed by atoms with Crippen LogP contribution in [0.4, 0.5) is 4.79 Å². The standard InChI is InChI=1S/C25H38N2O8/c1-15(2)12-20(22(29)30)34-23(31)16(3)14-26-21(28)19(27-24(32)35-25(4,5)6)13-17-8-10-18(33-7)11-9-17/h8-11,15-16,19-20H,12-14H2,1-7H3,(H,26,28)(H,27,32)(H,29,30)/t16-,19-,20+/m1/s1. The van der Waals surface area contributed by atoms with Crippen molar-refractivity contribution in [3.05, 3.63) is 29.8 Å². The first kappa shape index (κ1) is 29.7. The van der Waals surface area contributed by atoms with Gasteiger partial charge in [0, 0.05) is 13.0 Å². The van der Waals surface area contributed by atoms with Crippen molar-refractivity contribution in [2.24, 2.45) is 11.8 Å². The number of methoxy groups -OCH3 is 1. The van der Waals surface area contributed by atoms with Crippen LogP contribution >= 0.6 is 0 Å². The first-order valence-electron chi connectivity index (χ1n) is 11.5. The maximum absolute atomic E-state index is 12.9. The molecule has 1 aromatic rings. The summed E-state index contributed by atoms with van der Waals surface area (Å²) in [4.78, 5) is 49.0. The Labute approximate surface area is 206 Å². The van der Waals surface area contributed by atoms with Crippen LogP contribution in [0.2, 0.25) is 0 Å². The number of aliphatic carboxylic acids is 1. The Hall–Kier alpha value is -3.30. The van der Waals surface area contributed by atoms with Crippen molar-refractivity contribution < 1.29 is 38.5 Å². The number of alkyl carbamates (subject to hydrolysis) is 1. The van der Waals surface area contributed by atoms with E-state index >= 15 is 0 Å². The second-order valence-electron chi connectivity index (χ2n) is 9.79. The maximum atomic E-state index is 12.9. The number of ether oxygens (including phenoxy) is 3. The van der Waals surface area contributed by atoms with Crippen molar-refractivity contribution in [1.29, 1.82) is 0 Å². The van der Waals surface area contributed by atoms with E-state index in [1.54, 1.807) is 52.1 Å². The predicted octanol–water partition coefficient (Wildman–Crippen LogP) is 2.93. The van der Waals surface area contributed by atoms with E-state index in [-0.39, 0.29) is 25.3 Å². The van der Waals surface area contributed by atoms with Gasteiger partial charge in [0.05, 0.1) is 13.0 Å². The van der Waals surface area contributed by atoms with Crippen molar-refractivity contribution in [3.8, 4) is 5.75 Å². The molecule has 2 amide bonds. The van der Waals surface area contributed by atoms with Gasteiger partial charge in [0.25, 0.3) is 0 Å². The van der Waals surface area contributed by atoms with Crippen molar-refractivity contribution in [2.75, 3.05) is 13.7 Å². The summed E-state index contributed by atoms with van der Waals surface area (Å²) in [6.45, 7) is 10.2. The molecule has 196 valence electrons. The molecule has 35 heavy (non-hydrogen) atoms. The molecule has 0 fully saturated rings. The number of carbonyl (C=O) groups excluding carboxylic acids is 3. The molecule has 0 bridgehead atoms. The molecule has 3 N–H and O–H groups in total. The van der Waals surface area contributed by atoms with Crippen LogP contribution in [0.15, 0.2) is 24.3 Å². The lowest BCUT2D eigenvalue weighted by Crippen LogP contribution is -2.50. The summed E-state index contributed by atoms with van der Waals surface area (Å²) in [7, 11) is 1.54. The van der Waals surface area contributed by atoms with Gasteiger partial charge in [-0.2, -0.15) is 0 Å². The van der Waals surface area contributed by atoms with Crippen LogP contribution in [0.5, 0.6) is 5.75 Å². The molecule has 10 nitrogen and oxygen atoms in total. The number of carboxylic acids is 1. The lowest BCUT2D eigenvalue weighted by Gasteiger charge is -2.24. The maximum Gasteiger partial charge on any atom is 0.408 e. The third-order valence-corrected chi connectivity index (χ3v) is 4.81. The Morgan fingerprint density at radius 1 is 1.03 bits per heavy atom.